The van der Waals surface area contributed by atoms with Gasteiger partial charge in [0, 0.05) is 34.5 Å². The molecule has 1 aliphatic heterocycles. The molecule has 0 radical (unpaired) electrons. The third kappa shape index (κ3) is 3.19. The van der Waals surface area contributed by atoms with Crippen molar-refractivity contribution in [1.29, 1.82) is 0 Å². The maximum Gasteiger partial charge on any atom is 0.407 e. The van der Waals surface area contributed by atoms with Crippen LogP contribution in [0.1, 0.15) is 24.8 Å². The van der Waals surface area contributed by atoms with Crippen LogP contribution in [-0.4, -0.2) is 49.1 Å². The van der Waals surface area contributed by atoms with Crippen molar-refractivity contribution < 1.29 is 23.2 Å². The van der Waals surface area contributed by atoms with Gasteiger partial charge in [-0.1, -0.05) is 6.07 Å². The molecule has 21 heavy (non-hydrogen) atoms. The van der Waals surface area contributed by atoms with E-state index in [1.807, 2.05) is 0 Å². The van der Waals surface area contributed by atoms with Crippen LogP contribution in [0.5, 0.6) is 0 Å². The number of H-pyrrole nitrogens is 1. The Bertz CT molecular complexity index is 986. The molecule has 3 rings (SSSR count). The molecule has 0 bridgehead atoms. The zero-order valence-electron chi connectivity index (χ0n) is 21.1. The summed E-state index contributed by atoms with van der Waals surface area (Å²) in [6, 6.07) is 3.52. The molecular formula is C16H21N3O2. The average Bonchev–Trinajstić information content (AvgIpc) is 3.03. The first-order valence-corrected chi connectivity index (χ1v) is 6.37. The number of fused-ring (bicyclic) bond motifs is 1. The fourth-order valence-corrected chi connectivity index (χ4v) is 2.28. The van der Waals surface area contributed by atoms with Gasteiger partial charge >= 0.3 is 6.09 Å². The number of hydrogen-bond acceptors (Lipinski definition) is 3. The molecule has 0 aliphatic carbocycles. The Kier molecular flexibility index (Phi) is 1.76. The lowest BCUT2D eigenvalue weighted by Crippen LogP contribution is -2.28. The molecule has 1 amide bonds. The van der Waals surface area contributed by atoms with Crippen LogP contribution >= 0.6 is 0 Å². The van der Waals surface area contributed by atoms with Crippen LogP contribution in [0.4, 0.5) is 4.79 Å². The highest BCUT2D eigenvalue weighted by Gasteiger charge is 2.22. The first-order chi connectivity index (χ1) is 14.0. The summed E-state index contributed by atoms with van der Waals surface area (Å²) in [6.07, 6.45) is -1.46. The van der Waals surface area contributed by atoms with Crippen molar-refractivity contribution in [3.8, 4) is 0 Å². The smallest absolute Gasteiger partial charge is 0.407 e. The van der Waals surface area contributed by atoms with Crippen molar-refractivity contribution in [3.63, 3.8) is 0 Å². The highest BCUT2D eigenvalue weighted by molar-refractivity contribution is 5.84. The number of amides is 1. The highest BCUT2D eigenvalue weighted by atomic mass is 16.6. The van der Waals surface area contributed by atoms with Gasteiger partial charge in [0.15, 0.2) is 0 Å². The monoisotopic (exact) mass is 297 g/mol. The Hall–Kier alpha value is -2.01. The molecule has 0 unspecified atom stereocenters. The summed E-state index contributed by atoms with van der Waals surface area (Å²) in [6.45, 7) is -9.43. The van der Waals surface area contributed by atoms with E-state index >= 15 is 0 Å². The number of carbonyl (C=O) groups is 1. The molecule has 1 atom stereocenters. The standard InChI is InChI=1S/C16H21N3O2/c1-19(2)6-5-12-9-17-15-4-3-11(8-14(12)15)7-13-10-21-16(20)18-13/h3-4,8-9,13,17H,5-7,10H2,1-2H3,(H,18,20)/t13-/m0/s1/i1D3,2D3,6D2,9D,13D. The first kappa shape index (κ1) is 6.40. The normalized spacial score (nSPS) is 30.6. The summed E-state index contributed by atoms with van der Waals surface area (Å²) >= 11 is 0. The van der Waals surface area contributed by atoms with Crippen LogP contribution in [0.25, 0.3) is 10.9 Å². The molecule has 1 aromatic heterocycles. The summed E-state index contributed by atoms with van der Waals surface area (Å²) in [5.41, 5.74) is 1.17. The summed E-state index contributed by atoms with van der Waals surface area (Å²) in [4.78, 5) is 13.9. The van der Waals surface area contributed by atoms with Crippen LogP contribution in [0.2, 0.25) is 0 Å². The average molecular weight is 297 g/mol. The molecule has 1 fully saturated rings. The van der Waals surface area contributed by atoms with E-state index in [4.69, 9.17) is 18.4 Å². The van der Waals surface area contributed by atoms with E-state index in [1.54, 1.807) is 18.2 Å². The summed E-state index contributed by atoms with van der Waals surface area (Å²) in [5, 5.41) is 2.80. The zero-order chi connectivity index (χ0) is 23.4. The Morgan fingerprint density at radius 1 is 1.62 bits per heavy atom. The SMILES string of the molecule is [2H]c1[nH]c2ccc(C[C@@]3([2H])COC(=O)N3)cc2c1CC([2H])([2H])N(C([2H])([2H])[2H])C([2H])([2H])[2H]. The maximum atomic E-state index is 11.3. The van der Waals surface area contributed by atoms with Crippen LogP contribution < -0.4 is 5.32 Å². The number of carbonyl (C=O) groups excluding carboxylic acids is 1. The second-order valence-electron chi connectivity index (χ2n) is 4.76. The zero-order valence-corrected chi connectivity index (χ0v) is 11.1. The van der Waals surface area contributed by atoms with Crippen LogP contribution in [-0.2, 0) is 17.6 Å². The lowest BCUT2D eigenvalue weighted by Gasteiger charge is -2.09. The molecule has 5 heteroatoms. The number of rotatable bonds is 5. The molecule has 2 N–H and O–H groups in total. The summed E-state index contributed by atoms with van der Waals surface area (Å²) in [5.74, 6) is 0. The van der Waals surface area contributed by atoms with E-state index in [0.717, 1.165) is 0 Å². The molecule has 0 spiro atoms. The fraction of sp³-hybridized carbons (Fsp3) is 0.438. The van der Waals surface area contributed by atoms with Gasteiger partial charge in [0.1, 0.15) is 6.61 Å². The number of ether oxygens (including phenoxy) is 1. The molecule has 0 saturated carbocycles. The predicted molar refractivity (Wildman–Crippen MR) is 82.5 cm³/mol. The minimum atomic E-state index is -3.23. The van der Waals surface area contributed by atoms with Crippen molar-refractivity contribution in [2.24, 2.45) is 0 Å². The van der Waals surface area contributed by atoms with Gasteiger partial charge < -0.3 is 19.9 Å². The van der Waals surface area contributed by atoms with Gasteiger partial charge in [-0.25, -0.2) is 4.79 Å². The molecule has 1 aromatic carbocycles. The second kappa shape index (κ2) is 5.77. The van der Waals surface area contributed by atoms with Gasteiger partial charge in [-0.3, -0.25) is 0 Å². The number of cyclic esters (lactones) is 1. The lowest BCUT2D eigenvalue weighted by atomic mass is 10.0. The lowest BCUT2D eigenvalue weighted by molar-refractivity contribution is 0.177. The minimum absolute atomic E-state index is 0.0796. The molecule has 5 nitrogen and oxygen atoms in total. The van der Waals surface area contributed by atoms with Crippen molar-refractivity contribution in [1.82, 2.24) is 15.2 Å². The number of alkyl carbamates (subject to hydrolysis) is 1. The van der Waals surface area contributed by atoms with Gasteiger partial charge in [-0.05, 0) is 50.1 Å². The van der Waals surface area contributed by atoms with E-state index in [0.29, 0.717) is 16.5 Å². The topological polar surface area (TPSA) is 57.4 Å². The van der Waals surface area contributed by atoms with E-state index in [1.165, 1.54) is 0 Å². The molecule has 2 aromatic rings. The van der Waals surface area contributed by atoms with E-state index in [2.05, 4.69) is 10.3 Å². The summed E-state index contributed by atoms with van der Waals surface area (Å²) in [7, 11) is 0. The first-order valence-electron chi connectivity index (χ1n) is 11.4. The van der Waals surface area contributed by atoms with Crippen molar-refractivity contribution in [2.45, 2.75) is 18.9 Å². The van der Waals surface area contributed by atoms with Crippen molar-refractivity contribution in [3.05, 3.63) is 35.5 Å². The number of aromatic amines is 1. The molecule has 2 heterocycles. The van der Waals surface area contributed by atoms with Gasteiger partial charge in [0.2, 0.25) is 0 Å². The van der Waals surface area contributed by atoms with Crippen LogP contribution in [0.3, 0.4) is 0 Å². The number of likely N-dealkylation sites (N-methyl/N-ethyl adjacent to an activating group) is 1. The molecule has 112 valence electrons. The summed E-state index contributed by atoms with van der Waals surface area (Å²) < 4.78 is 82.5. The van der Waals surface area contributed by atoms with Crippen LogP contribution in [0, 0.1) is 0 Å². The van der Waals surface area contributed by atoms with Crippen molar-refractivity contribution in [2.75, 3.05) is 27.1 Å². The molecular weight excluding hydrogens is 266 g/mol. The number of nitrogens with one attached hydrogen (secondary N) is 2. The number of benzene rings is 1. The number of hydrogen-bond donors (Lipinski definition) is 2. The van der Waals surface area contributed by atoms with Gasteiger partial charge in [-0.2, -0.15) is 0 Å². The maximum absolute atomic E-state index is 11.3. The van der Waals surface area contributed by atoms with Crippen LogP contribution in [0.15, 0.2) is 24.4 Å². The minimum Gasteiger partial charge on any atom is -0.447 e. The van der Waals surface area contributed by atoms with E-state index < -0.39 is 39.0 Å². The fourth-order valence-electron chi connectivity index (χ4n) is 2.28. The van der Waals surface area contributed by atoms with Gasteiger partial charge in [0.25, 0.3) is 0 Å². The molecule has 1 aliphatic rings. The third-order valence-electron chi connectivity index (χ3n) is 3.24. The Morgan fingerprint density at radius 3 is 3.29 bits per heavy atom. The number of aromatic nitrogens is 1. The molecule has 1 saturated heterocycles. The highest BCUT2D eigenvalue weighted by Crippen LogP contribution is 2.21. The number of nitrogens with zero attached hydrogens (tertiary/aromatic N) is 1. The Morgan fingerprint density at radius 2 is 2.52 bits per heavy atom. The third-order valence-corrected chi connectivity index (χ3v) is 3.24. The van der Waals surface area contributed by atoms with E-state index in [9.17, 15) is 4.79 Å². The largest absolute Gasteiger partial charge is 0.447 e. The van der Waals surface area contributed by atoms with Gasteiger partial charge in [0.05, 0.1) is 8.76 Å². The Labute approximate surface area is 138 Å². The Balaban J connectivity index is 1.98. The quantitative estimate of drug-likeness (QED) is 0.886. The van der Waals surface area contributed by atoms with E-state index in [-0.39, 0.29) is 29.7 Å². The van der Waals surface area contributed by atoms with Gasteiger partial charge in [-0.15, -0.1) is 0 Å². The predicted octanol–water partition coefficient (Wildman–Crippen LogP) is 1.92. The second-order valence-corrected chi connectivity index (χ2v) is 4.76. The van der Waals surface area contributed by atoms with Crippen molar-refractivity contribution >= 4 is 17.0 Å². The number of aryl methyl sites for hydroxylation is 1.